The van der Waals surface area contributed by atoms with Crippen LogP contribution in [0.15, 0.2) is 77.0 Å². The maximum absolute atomic E-state index is 12.6. The van der Waals surface area contributed by atoms with Crippen LogP contribution in [0.25, 0.3) is 11.3 Å². The number of nitrogens with zero attached hydrogens (tertiary/aromatic N) is 1. The minimum atomic E-state index is -1.41. The molecule has 0 aliphatic rings. The van der Waals surface area contributed by atoms with Crippen molar-refractivity contribution in [3.8, 4) is 17.0 Å². The smallest absolute Gasteiger partial charge is 0.336 e. The Hall–Kier alpha value is -4.68. The fourth-order valence-corrected chi connectivity index (χ4v) is 4.87. The first-order valence-corrected chi connectivity index (χ1v) is 13.1. The Morgan fingerprint density at radius 2 is 1.69 bits per heavy atom. The average molecular weight is 564 g/mol. The van der Waals surface area contributed by atoms with E-state index >= 15 is 0 Å². The van der Waals surface area contributed by atoms with Crippen LogP contribution in [0.3, 0.4) is 0 Å². The molecule has 0 atom stereocenters. The van der Waals surface area contributed by atoms with Gasteiger partial charge in [0.15, 0.2) is 5.13 Å². The Balaban J connectivity index is 1.32. The summed E-state index contributed by atoms with van der Waals surface area (Å²) in [7, 11) is 1.59. The highest BCUT2D eigenvalue weighted by molar-refractivity contribution is 8.00. The zero-order valence-corrected chi connectivity index (χ0v) is 22.0. The number of carboxylic acids is 2. The number of carboxylic acid groups (broad SMARTS) is 2. The predicted molar refractivity (Wildman–Crippen MR) is 148 cm³/mol. The van der Waals surface area contributed by atoms with Crippen molar-refractivity contribution in [2.45, 2.75) is 4.90 Å². The van der Waals surface area contributed by atoms with Gasteiger partial charge in [0, 0.05) is 21.5 Å². The summed E-state index contributed by atoms with van der Waals surface area (Å²) in [5.41, 5.74) is 1.19. The molecule has 1 heterocycles. The van der Waals surface area contributed by atoms with Gasteiger partial charge in [-0.3, -0.25) is 9.59 Å². The molecule has 3 aromatic carbocycles. The van der Waals surface area contributed by atoms with Gasteiger partial charge >= 0.3 is 11.9 Å². The normalized spacial score (nSPS) is 10.5. The lowest BCUT2D eigenvalue weighted by atomic mass is 10.0. The number of rotatable bonds is 10. The van der Waals surface area contributed by atoms with Crippen molar-refractivity contribution in [2.24, 2.45) is 0 Å². The quantitative estimate of drug-likeness (QED) is 0.191. The molecule has 10 nitrogen and oxygen atoms in total. The number of hydrogen-bond donors (Lipinski definition) is 4. The summed E-state index contributed by atoms with van der Waals surface area (Å²) in [5, 5.41) is 26.2. The number of methoxy groups -OCH3 is 1. The van der Waals surface area contributed by atoms with Crippen molar-refractivity contribution in [1.82, 2.24) is 4.98 Å². The molecule has 0 unspecified atom stereocenters. The number of aromatic nitrogens is 1. The van der Waals surface area contributed by atoms with E-state index in [1.54, 1.807) is 31.4 Å². The Morgan fingerprint density at radius 3 is 2.38 bits per heavy atom. The lowest BCUT2D eigenvalue weighted by Gasteiger charge is -2.09. The number of anilines is 2. The number of thioether (sulfide) groups is 1. The van der Waals surface area contributed by atoms with Crippen molar-refractivity contribution in [2.75, 3.05) is 23.5 Å². The van der Waals surface area contributed by atoms with Crippen molar-refractivity contribution in [1.29, 1.82) is 0 Å². The van der Waals surface area contributed by atoms with Gasteiger partial charge in [0.1, 0.15) is 5.75 Å². The second-order valence-corrected chi connectivity index (χ2v) is 9.86. The lowest BCUT2D eigenvalue weighted by molar-refractivity contribution is -0.113. The molecule has 4 aromatic rings. The van der Waals surface area contributed by atoms with Crippen LogP contribution in [-0.2, 0) is 4.79 Å². The highest BCUT2D eigenvalue weighted by atomic mass is 32.2. The standard InChI is InChI=1S/C27H21N3O7S2/c1-37-18-4-2-3-15(11-18)22-13-39-27(29-22)30-23(31)14-38-19-8-6-17(7-9-19)28-24(32)20-10-5-16(25(33)34)12-21(20)26(35)36/h2-13H,14H2,1H3,(H,28,32)(H,33,34)(H,35,36)(H,29,30,31). The summed E-state index contributed by atoms with van der Waals surface area (Å²) in [6.45, 7) is 0. The fourth-order valence-electron chi connectivity index (χ4n) is 3.44. The van der Waals surface area contributed by atoms with Crippen LogP contribution in [0.4, 0.5) is 10.8 Å². The Kier molecular flexibility index (Phi) is 8.59. The van der Waals surface area contributed by atoms with E-state index in [0.29, 0.717) is 16.6 Å². The topological polar surface area (TPSA) is 155 Å². The minimum Gasteiger partial charge on any atom is -0.497 e. The van der Waals surface area contributed by atoms with Gasteiger partial charge in [0.25, 0.3) is 5.91 Å². The SMILES string of the molecule is COc1cccc(-c2csc(NC(=O)CSc3ccc(NC(=O)c4ccc(C(=O)O)cc4C(=O)O)cc3)n2)c1. The molecular weight excluding hydrogens is 542 g/mol. The largest absolute Gasteiger partial charge is 0.497 e. The van der Waals surface area contributed by atoms with E-state index in [9.17, 15) is 24.3 Å². The van der Waals surface area contributed by atoms with E-state index < -0.39 is 23.4 Å². The first-order valence-electron chi connectivity index (χ1n) is 11.3. The predicted octanol–water partition coefficient (Wildman–Crippen LogP) is 5.20. The van der Waals surface area contributed by atoms with Gasteiger partial charge in [-0.2, -0.15) is 0 Å². The maximum Gasteiger partial charge on any atom is 0.336 e. The molecule has 0 aliphatic heterocycles. The number of thiazole rings is 1. The maximum atomic E-state index is 12.6. The molecule has 4 rings (SSSR count). The van der Waals surface area contributed by atoms with Crippen LogP contribution in [0, 0.1) is 0 Å². The number of ether oxygens (including phenoxy) is 1. The van der Waals surface area contributed by atoms with Crippen LogP contribution in [-0.4, -0.2) is 51.8 Å². The van der Waals surface area contributed by atoms with Crippen molar-refractivity contribution in [3.05, 3.63) is 88.8 Å². The Morgan fingerprint density at radius 1 is 0.923 bits per heavy atom. The van der Waals surface area contributed by atoms with Crippen LogP contribution in [0.2, 0.25) is 0 Å². The molecule has 12 heteroatoms. The van der Waals surface area contributed by atoms with Crippen molar-refractivity contribution < 1.29 is 34.1 Å². The molecular formula is C27H21N3O7S2. The van der Waals surface area contributed by atoms with E-state index in [1.165, 1.54) is 29.2 Å². The highest BCUT2D eigenvalue weighted by Crippen LogP contribution is 2.28. The molecule has 0 fully saturated rings. The number of benzene rings is 3. The third-order valence-electron chi connectivity index (χ3n) is 5.34. The van der Waals surface area contributed by atoms with E-state index in [0.717, 1.165) is 28.3 Å². The van der Waals surface area contributed by atoms with Gasteiger partial charge in [0.05, 0.1) is 35.2 Å². The number of carbonyl (C=O) groups excluding carboxylic acids is 2. The van der Waals surface area contributed by atoms with E-state index in [4.69, 9.17) is 9.84 Å². The fraction of sp³-hybridized carbons (Fsp3) is 0.0741. The molecule has 1 aromatic heterocycles. The molecule has 198 valence electrons. The zero-order chi connectivity index (χ0) is 27.9. The second-order valence-electron chi connectivity index (χ2n) is 7.96. The molecule has 4 N–H and O–H groups in total. The van der Waals surface area contributed by atoms with Gasteiger partial charge in [-0.05, 0) is 54.6 Å². The molecule has 0 bridgehead atoms. The molecule has 0 saturated carbocycles. The first-order chi connectivity index (χ1) is 18.7. The van der Waals surface area contributed by atoms with Gasteiger partial charge in [0.2, 0.25) is 5.91 Å². The van der Waals surface area contributed by atoms with Crippen LogP contribution < -0.4 is 15.4 Å². The molecule has 0 spiro atoms. The summed E-state index contributed by atoms with van der Waals surface area (Å²) in [6.07, 6.45) is 0. The van der Waals surface area contributed by atoms with Crippen LogP contribution >= 0.6 is 23.1 Å². The third kappa shape index (κ3) is 7.00. The zero-order valence-electron chi connectivity index (χ0n) is 20.3. The number of hydrogen-bond acceptors (Lipinski definition) is 8. The van der Waals surface area contributed by atoms with Gasteiger partial charge in [-0.15, -0.1) is 23.1 Å². The van der Waals surface area contributed by atoms with Crippen molar-refractivity contribution in [3.63, 3.8) is 0 Å². The number of aromatic carboxylic acids is 2. The second kappa shape index (κ2) is 12.2. The summed E-state index contributed by atoms with van der Waals surface area (Å²) >= 11 is 2.61. The summed E-state index contributed by atoms with van der Waals surface area (Å²) in [5.74, 6) is -2.78. The third-order valence-corrected chi connectivity index (χ3v) is 7.11. The monoisotopic (exact) mass is 563 g/mol. The number of carbonyl (C=O) groups is 4. The Labute approximate surface area is 230 Å². The average Bonchev–Trinajstić information content (AvgIpc) is 3.40. The molecule has 0 aliphatic carbocycles. The van der Waals surface area contributed by atoms with E-state index in [-0.39, 0.29) is 22.8 Å². The Bertz CT molecular complexity index is 1550. The number of amides is 2. The van der Waals surface area contributed by atoms with Gasteiger partial charge in [-0.25, -0.2) is 14.6 Å². The molecule has 0 radical (unpaired) electrons. The van der Waals surface area contributed by atoms with Gasteiger partial charge in [-0.1, -0.05) is 12.1 Å². The summed E-state index contributed by atoms with van der Waals surface area (Å²) in [4.78, 5) is 52.9. The van der Waals surface area contributed by atoms with Crippen molar-refractivity contribution >= 4 is 57.7 Å². The van der Waals surface area contributed by atoms with Gasteiger partial charge < -0.3 is 25.6 Å². The molecule has 2 amide bonds. The highest BCUT2D eigenvalue weighted by Gasteiger charge is 2.19. The minimum absolute atomic E-state index is 0.137. The van der Waals surface area contributed by atoms with Crippen LogP contribution in [0.5, 0.6) is 5.75 Å². The van der Waals surface area contributed by atoms with E-state index in [2.05, 4.69) is 15.6 Å². The lowest BCUT2D eigenvalue weighted by Crippen LogP contribution is -2.17. The first kappa shape index (κ1) is 27.4. The molecule has 39 heavy (non-hydrogen) atoms. The summed E-state index contributed by atoms with van der Waals surface area (Å²) < 4.78 is 5.24. The molecule has 0 saturated heterocycles. The number of nitrogens with one attached hydrogen (secondary N) is 2. The van der Waals surface area contributed by atoms with Crippen LogP contribution in [0.1, 0.15) is 31.1 Å². The summed E-state index contributed by atoms with van der Waals surface area (Å²) in [6, 6.07) is 17.4. The van der Waals surface area contributed by atoms with E-state index in [1.807, 2.05) is 29.6 Å².